The minimum absolute atomic E-state index is 0.0314. The molecule has 1 aliphatic heterocycles. The van der Waals surface area contributed by atoms with Crippen LogP contribution in [0.5, 0.6) is 0 Å². The number of halogens is 1. The van der Waals surface area contributed by atoms with E-state index in [0.29, 0.717) is 10.7 Å². The van der Waals surface area contributed by atoms with E-state index >= 15 is 0 Å². The third-order valence-corrected chi connectivity index (χ3v) is 2.87. The molecule has 0 aliphatic carbocycles. The lowest BCUT2D eigenvalue weighted by molar-refractivity contribution is 0.0941. The van der Waals surface area contributed by atoms with Crippen LogP contribution in [0.2, 0.25) is 5.02 Å². The van der Waals surface area contributed by atoms with Crippen LogP contribution in [0.25, 0.3) is 0 Å². The Labute approximate surface area is 105 Å². The molecule has 2 N–H and O–H groups in total. The Morgan fingerprint density at radius 3 is 2.82 bits per heavy atom. The molecule has 0 saturated carbocycles. The molecule has 0 radical (unpaired) electrons. The first-order valence-corrected chi connectivity index (χ1v) is 6.06. The molecule has 1 aromatic rings. The molecule has 92 valence electrons. The highest BCUT2D eigenvalue weighted by Gasteiger charge is 2.17. The molecule has 1 saturated heterocycles. The fourth-order valence-electron chi connectivity index (χ4n) is 1.75. The average molecular weight is 255 g/mol. The van der Waals surface area contributed by atoms with E-state index in [1.165, 1.54) is 0 Å². The molecule has 17 heavy (non-hydrogen) atoms. The number of hydrogen-bond donors (Lipinski definition) is 2. The molecule has 1 amide bonds. The summed E-state index contributed by atoms with van der Waals surface area (Å²) < 4.78 is 5.28. The van der Waals surface area contributed by atoms with Crippen molar-refractivity contribution in [3.05, 3.63) is 29.3 Å². The van der Waals surface area contributed by atoms with Crippen LogP contribution in [-0.4, -0.2) is 25.3 Å². The summed E-state index contributed by atoms with van der Waals surface area (Å²) in [6.45, 7) is 1.73. The lowest BCUT2D eigenvalue weighted by atomic mass is 10.1. The Morgan fingerprint density at radius 2 is 2.18 bits per heavy atom. The molecule has 0 aromatic heterocycles. The van der Waals surface area contributed by atoms with Gasteiger partial charge >= 0.3 is 6.09 Å². The molecule has 1 atom stereocenters. The van der Waals surface area contributed by atoms with Crippen molar-refractivity contribution < 1.29 is 9.53 Å². The Balaban J connectivity index is 1.82. The second kappa shape index (κ2) is 5.89. The number of rotatable bonds is 2. The molecule has 1 heterocycles. The van der Waals surface area contributed by atoms with Gasteiger partial charge in [0.1, 0.15) is 6.10 Å². The first-order valence-electron chi connectivity index (χ1n) is 5.68. The molecule has 1 aromatic carbocycles. The Bertz CT molecular complexity index is 375. The minimum atomic E-state index is -0.416. The van der Waals surface area contributed by atoms with Crippen molar-refractivity contribution in [2.24, 2.45) is 0 Å². The normalized spacial score (nSPS) is 19.7. The number of ether oxygens (including phenoxy) is 1. The summed E-state index contributed by atoms with van der Waals surface area (Å²) in [5.41, 5.74) is 0.683. The zero-order valence-electron chi connectivity index (χ0n) is 9.41. The topological polar surface area (TPSA) is 50.4 Å². The molecule has 4 nitrogen and oxygen atoms in total. The first-order chi connectivity index (χ1) is 8.24. The van der Waals surface area contributed by atoms with E-state index < -0.39 is 6.09 Å². The van der Waals surface area contributed by atoms with Gasteiger partial charge in [-0.2, -0.15) is 0 Å². The molecular weight excluding hydrogens is 240 g/mol. The number of nitrogens with one attached hydrogen (secondary N) is 2. The highest BCUT2D eigenvalue weighted by molar-refractivity contribution is 6.30. The number of piperidine rings is 1. The van der Waals surface area contributed by atoms with E-state index in [0.717, 1.165) is 25.9 Å². The molecule has 0 unspecified atom stereocenters. The molecular formula is C12H15ClN2O2. The Morgan fingerprint density at radius 1 is 1.41 bits per heavy atom. The molecule has 1 fully saturated rings. The minimum Gasteiger partial charge on any atom is -0.445 e. The zero-order chi connectivity index (χ0) is 12.1. The van der Waals surface area contributed by atoms with Crippen molar-refractivity contribution >= 4 is 23.4 Å². The lowest BCUT2D eigenvalue weighted by Crippen LogP contribution is -2.37. The predicted octanol–water partition coefficient (Wildman–Crippen LogP) is 2.64. The van der Waals surface area contributed by atoms with Gasteiger partial charge < -0.3 is 10.1 Å². The van der Waals surface area contributed by atoms with Gasteiger partial charge in [0.25, 0.3) is 0 Å². The summed E-state index contributed by atoms with van der Waals surface area (Å²) in [4.78, 5) is 11.6. The van der Waals surface area contributed by atoms with Gasteiger partial charge in [-0.1, -0.05) is 11.6 Å². The van der Waals surface area contributed by atoms with Crippen LogP contribution in [-0.2, 0) is 4.74 Å². The van der Waals surface area contributed by atoms with Crippen LogP contribution in [0.1, 0.15) is 12.8 Å². The van der Waals surface area contributed by atoms with Crippen molar-refractivity contribution in [3.8, 4) is 0 Å². The van der Waals surface area contributed by atoms with Crippen molar-refractivity contribution in [3.63, 3.8) is 0 Å². The van der Waals surface area contributed by atoms with Gasteiger partial charge in [0, 0.05) is 17.3 Å². The third kappa shape index (κ3) is 3.91. The van der Waals surface area contributed by atoms with Gasteiger partial charge in [0.15, 0.2) is 0 Å². The Hall–Kier alpha value is -1.26. The maximum absolute atomic E-state index is 11.6. The van der Waals surface area contributed by atoms with Gasteiger partial charge in [-0.3, -0.25) is 5.32 Å². The summed E-state index contributed by atoms with van der Waals surface area (Å²) in [5, 5.41) is 6.50. The first kappa shape index (κ1) is 12.2. The quantitative estimate of drug-likeness (QED) is 0.853. The SMILES string of the molecule is O=C(Nc1ccc(Cl)cc1)O[C@H]1CCCNC1. The molecule has 1 aliphatic rings. The fraction of sp³-hybridized carbons (Fsp3) is 0.417. The summed E-state index contributed by atoms with van der Waals surface area (Å²) in [6.07, 6.45) is 1.51. The Kier molecular flexibility index (Phi) is 4.23. The van der Waals surface area contributed by atoms with Crippen LogP contribution >= 0.6 is 11.6 Å². The standard InChI is InChI=1S/C12H15ClN2O2/c13-9-3-5-10(6-4-9)15-12(16)17-11-2-1-7-14-8-11/h3-6,11,14H,1-2,7-8H2,(H,15,16)/t11-/m0/s1. The van der Waals surface area contributed by atoms with E-state index in [1.807, 2.05) is 0 Å². The molecule has 0 bridgehead atoms. The van der Waals surface area contributed by atoms with Crippen LogP contribution < -0.4 is 10.6 Å². The maximum atomic E-state index is 11.6. The van der Waals surface area contributed by atoms with Crippen LogP contribution in [0.15, 0.2) is 24.3 Å². The van der Waals surface area contributed by atoms with E-state index in [9.17, 15) is 4.79 Å². The number of anilines is 1. The van der Waals surface area contributed by atoms with E-state index in [2.05, 4.69) is 10.6 Å². The fourth-order valence-corrected chi connectivity index (χ4v) is 1.88. The monoisotopic (exact) mass is 254 g/mol. The highest BCUT2D eigenvalue weighted by Crippen LogP contribution is 2.14. The average Bonchev–Trinajstić information content (AvgIpc) is 2.33. The second-order valence-electron chi connectivity index (χ2n) is 4.01. The molecule has 0 spiro atoms. The summed E-state index contributed by atoms with van der Waals surface area (Å²) >= 11 is 5.75. The van der Waals surface area contributed by atoms with Gasteiger partial charge in [0.05, 0.1) is 0 Å². The molecule has 2 rings (SSSR count). The van der Waals surface area contributed by atoms with Gasteiger partial charge in [0.2, 0.25) is 0 Å². The second-order valence-corrected chi connectivity index (χ2v) is 4.44. The van der Waals surface area contributed by atoms with E-state index in [-0.39, 0.29) is 6.10 Å². The van der Waals surface area contributed by atoms with Crippen LogP contribution in [0.4, 0.5) is 10.5 Å². The largest absolute Gasteiger partial charge is 0.445 e. The van der Waals surface area contributed by atoms with Crippen molar-refractivity contribution in [1.82, 2.24) is 5.32 Å². The summed E-state index contributed by atoms with van der Waals surface area (Å²) in [7, 11) is 0. The molecule has 5 heteroatoms. The van der Waals surface area contributed by atoms with Gasteiger partial charge in [-0.15, -0.1) is 0 Å². The smallest absolute Gasteiger partial charge is 0.411 e. The zero-order valence-corrected chi connectivity index (χ0v) is 10.2. The predicted molar refractivity (Wildman–Crippen MR) is 67.4 cm³/mol. The van der Waals surface area contributed by atoms with Crippen LogP contribution in [0.3, 0.4) is 0 Å². The van der Waals surface area contributed by atoms with E-state index in [4.69, 9.17) is 16.3 Å². The van der Waals surface area contributed by atoms with Crippen molar-refractivity contribution in [2.75, 3.05) is 18.4 Å². The van der Waals surface area contributed by atoms with Crippen molar-refractivity contribution in [1.29, 1.82) is 0 Å². The van der Waals surface area contributed by atoms with Crippen LogP contribution in [0, 0.1) is 0 Å². The lowest BCUT2D eigenvalue weighted by Gasteiger charge is -2.22. The summed E-state index contributed by atoms with van der Waals surface area (Å²) in [6, 6.07) is 6.92. The maximum Gasteiger partial charge on any atom is 0.411 e. The van der Waals surface area contributed by atoms with Gasteiger partial charge in [-0.25, -0.2) is 4.79 Å². The highest BCUT2D eigenvalue weighted by atomic mass is 35.5. The third-order valence-electron chi connectivity index (χ3n) is 2.62. The number of carbonyl (C=O) groups excluding carboxylic acids is 1. The summed E-state index contributed by atoms with van der Waals surface area (Å²) in [5.74, 6) is 0. The number of hydrogen-bond acceptors (Lipinski definition) is 3. The van der Waals surface area contributed by atoms with Crippen molar-refractivity contribution in [2.45, 2.75) is 18.9 Å². The van der Waals surface area contributed by atoms with Gasteiger partial charge in [-0.05, 0) is 43.7 Å². The number of carbonyl (C=O) groups is 1. The number of amides is 1. The van der Waals surface area contributed by atoms with E-state index in [1.54, 1.807) is 24.3 Å². The number of benzene rings is 1.